The van der Waals surface area contributed by atoms with E-state index >= 15 is 0 Å². The highest BCUT2D eigenvalue weighted by Gasteiger charge is 2.33. The van der Waals surface area contributed by atoms with Crippen molar-refractivity contribution < 1.29 is 14.7 Å². The normalized spacial score (nSPS) is 19.9. The summed E-state index contributed by atoms with van der Waals surface area (Å²) >= 11 is 1.44. The highest BCUT2D eigenvalue weighted by Crippen LogP contribution is 2.31. The van der Waals surface area contributed by atoms with Gasteiger partial charge in [-0.2, -0.15) is 5.10 Å². The first-order valence-electron chi connectivity index (χ1n) is 9.45. The van der Waals surface area contributed by atoms with Crippen molar-refractivity contribution >= 4 is 33.4 Å². The Kier molecular flexibility index (Phi) is 4.93. The molecule has 28 heavy (non-hydrogen) atoms. The number of amides is 1. The van der Waals surface area contributed by atoms with Gasteiger partial charge < -0.3 is 10.0 Å². The van der Waals surface area contributed by atoms with Crippen LogP contribution in [0.15, 0.2) is 36.4 Å². The molecule has 1 aliphatic heterocycles. The van der Waals surface area contributed by atoms with Gasteiger partial charge in [0.1, 0.15) is 4.83 Å². The molecule has 0 saturated carbocycles. The summed E-state index contributed by atoms with van der Waals surface area (Å²) in [7, 11) is 0. The Morgan fingerprint density at radius 1 is 1.25 bits per heavy atom. The Labute approximate surface area is 167 Å². The highest BCUT2D eigenvalue weighted by atomic mass is 32.1. The van der Waals surface area contributed by atoms with E-state index < -0.39 is 11.9 Å². The van der Waals surface area contributed by atoms with E-state index in [1.807, 2.05) is 42.8 Å². The van der Waals surface area contributed by atoms with E-state index in [2.05, 4.69) is 17.2 Å². The van der Waals surface area contributed by atoms with E-state index in [0.717, 1.165) is 21.5 Å². The Morgan fingerprint density at radius 3 is 2.71 bits per heavy atom. The number of carboxylic acids is 1. The first-order valence-corrected chi connectivity index (χ1v) is 10.3. The number of likely N-dealkylation sites (tertiary alicyclic amines) is 1. The van der Waals surface area contributed by atoms with Gasteiger partial charge in [0.25, 0.3) is 5.91 Å². The van der Waals surface area contributed by atoms with Gasteiger partial charge in [0.15, 0.2) is 0 Å². The first-order chi connectivity index (χ1) is 13.4. The molecule has 7 heteroatoms. The summed E-state index contributed by atoms with van der Waals surface area (Å²) in [5.74, 6) is -1.21. The summed E-state index contributed by atoms with van der Waals surface area (Å²) in [5, 5.41) is 15.0. The van der Waals surface area contributed by atoms with Crippen LogP contribution in [0.1, 0.15) is 34.3 Å². The van der Waals surface area contributed by atoms with Gasteiger partial charge in [-0.25, -0.2) is 0 Å². The maximum Gasteiger partial charge on any atom is 0.308 e. The lowest BCUT2D eigenvalue weighted by Crippen LogP contribution is -2.45. The summed E-state index contributed by atoms with van der Waals surface area (Å²) in [6.07, 6.45) is 0.622. The van der Waals surface area contributed by atoms with Crippen molar-refractivity contribution in [3.05, 3.63) is 52.5 Å². The maximum absolute atomic E-state index is 13.1. The van der Waals surface area contributed by atoms with Crippen molar-refractivity contribution in [1.29, 1.82) is 0 Å². The summed E-state index contributed by atoms with van der Waals surface area (Å²) in [5.41, 5.74) is 2.05. The van der Waals surface area contributed by atoms with Crippen LogP contribution < -0.4 is 0 Å². The van der Waals surface area contributed by atoms with Crippen molar-refractivity contribution in [3.63, 3.8) is 0 Å². The van der Waals surface area contributed by atoms with Gasteiger partial charge in [0.2, 0.25) is 0 Å². The van der Waals surface area contributed by atoms with E-state index in [1.165, 1.54) is 11.3 Å². The Hall–Kier alpha value is -2.67. The second kappa shape index (κ2) is 7.39. The second-order valence-corrected chi connectivity index (χ2v) is 8.67. The third-order valence-corrected chi connectivity index (χ3v) is 6.43. The molecule has 2 atom stereocenters. The Morgan fingerprint density at radius 2 is 2.00 bits per heavy atom. The second-order valence-electron chi connectivity index (χ2n) is 7.64. The number of nitrogens with zero attached hydrogens (tertiary/aromatic N) is 3. The van der Waals surface area contributed by atoms with Gasteiger partial charge in [0.05, 0.1) is 23.0 Å². The molecule has 2 aromatic heterocycles. The smallest absolute Gasteiger partial charge is 0.308 e. The molecule has 6 nitrogen and oxygen atoms in total. The third kappa shape index (κ3) is 3.54. The van der Waals surface area contributed by atoms with Crippen LogP contribution in [0.3, 0.4) is 0 Å². The lowest BCUT2D eigenvalue weighted by atomic mass is 9.90. The number of carbonyl (C=O) groups excluding carboxylic acids is 1. The predicted octanol–water partition coefficient (Wildman–Crippen LogP) is 3.64. The molecule has 1 N–H and O–H groups in total. The average Bonchev–Trinajstić information content (AvgIpc) is 3.23. The largest absolute Gasteiger partial charge is 0.481 e. The number of carbonyl (C=O) groups is 2. The average molecular weight is 398 g/mol. The van der Waals surface area contributed by atoms with E-state index in [0.29, 0.717) is 24.4 Å². The number of fused-ring (bicyclic) bond motifs is 1. The number of thiophene rings is 1. The van der Waals surface area contributed by atoms with E-state index in [-0.39, 0.29) is 18.4 Å². The fourth-order valence-electron chi connectivity index (χ4n) is 3.93. The van der Waals surface area contributed by atoms with Gasteiger partial charge in [-0.15, -0.1) is 11.3 Å². The minimum atomic E-state index is -0.824. The monoisotopic (exact) mass is 397 g/mol. The minimum Gasteiger partial charge on any atom is -0.481 e. The number of carboxylic acid groups (broad SMARTS) is 1. The van der Waals surface area contributed by atoms with Crippen molar-refractivity contribution in [3.8, 4) is 0 Å². The van der Waals surface area contributed by atoms with Crippen molar-refractivity contribution in [2.24, 2.45) is 11.8 Å². The number of hydrogen-bond acceptors (Lipinski definition) is 4. The van der Waals surface area contributed by atoms with Crippen LogP contribution in [0.2, 0.25) is 0 Å². The van der Waals surface area contributed by atoms with Crippen molar-refractivity contribution in [2.45, 2.75) is 26.8 Å². The van der Waals surface area contributed by atoms with E-state index in [1.54, 1.807) is 4.90 Å². The van der Waals surface area contributed by atoms with E-state index in [4.69, 9.17) is 0 Å². The molecule has 0 radical (unpaired) electrons. The van der Waals surface area contributed by atoms with Crippen LogP contribution in [0.25, 0.3) is 10.2 Å². The van der Waals surface area contributed by atoms with Crippen molar-refractivity contribution in [1.82, 2.24) is 14.7 Å². The molecule has 3 heterocycles. The van der Waals surface area contributed by atoms with Gasteiger partial charge in [0, 0.05) is 18.5 Å². The number of rotatable bonds is 4. The van der Waals surface area contributed by atoms with Gasteiger partial charge in [-0.3, -0.25) is 14.3 Å². The van der Waals surface area contributed by atoms with Crippen LogP contribution in [0.4, 0.5) is 0 Å². The standard InChI is InChI=1S/C21H23N3O3S/c1-13-8-16(21(26)27)12-23(10-13)19(25)18-9-17-14(2)22-24(20(17)28-18)11-15-6-4-3-5-7-15/h3-7,9,13,16H,8,10-12H2,1-2H3,(H,26,27). The molecule has 3 aromatic rings. The van der Waals surface area contributed by atoms with Crippen molar-refractivity contribution in [2.75, 3.05) is 13.1 Å². The number of hydrogen-bond donors (Lipinski definition) is 1. The zero-order valence-corrected chi connectivity index (χ0v) is 16.8. The minimum absolute atomic E-state index is 0.0790. The highest BCUT2D eigenvalue weighted by molar-refractivity contribution is 7.20. The summed E-state index contributed by atoms with van der Waals surface area (Å²) < 4.78 is 1.94. The quantitative estimate of drug-likeness (QED) is 0.729. The molecule has 1 amide bonds. The Bertz CT molecular complexity index is 1020. The lowest BCUT2D eigenvalue weighted by molar-refractivity contribution is -0.143. The number of aromatic nitrogens is 2. The van der Waals surface area contributed by atoms with Crippen LogP contribution in [0.5, 0.6) is 0 Å². The third-order valence-electron chi connectivity index (χ3n) is 5.29. The maximum atomic E-state index is 13.1. The fourth-order valence-corrected chi connectivity index (χ4v) is 5.06. The van der Waals surface area contributed by atoms with Crippen LogP contribution in [-0.2, 0) is 11.3 Å². The summed E-state index contributed by atoms with van der Waals surface area (Å²) in [4.78, 5) is 27.8. The van der Waals surface area contributed by atoms with Gasteiger partial charge in [-0.05, 0) is 30.9 Å². The van der Waals surface area contributed by atoms with Crippen LogP contribution in [-0.4, -0.2) is 44.8 Å². The molecule has 1 aliphatic rings. The summed E-state index contributed by atoms with van der Waals surface area (Å²) in [6.45, 7) is 5.49. The number of piperidine rings is 1. The number of aliphatic carboxylic acids is 1. The van der Waals surface area contributed by atoms with Crippen LogP contribution in [0, 0.1) is 18.8 Å². The SMILES string of the molecule is Cc1nn(Cc2ccccc2)c2sc(C(=O)N3CC(C)CC(C(=O)O)C3)cc12. The fraction of sp³-hybridized carbons (Fsp3) is 0.381. The molecule has 0 aliphatic carbocycles. The Balaban J connectivity index is 1.61. The molecule has 2 unspecified atom stereocenters. The van der Waals surface area contributed by atoms with Gasteiger partial charge >= 0.3 is 5.97 Å². The molecule has 4 rings (SSSR count). The first kappa shape index (κ1) is 18.7. The molecule has 1 saturated heterocycles. The zero-order chi connectivity index (χ0) is 19.8. The van der Waals surface area contributed by atoms with E-state index in [9.17, 15) is 14.7 Å². The topological polar surface area (TPSA) is 75.4 Å². The molecule has 0 bridgehead atoms. The number of aryl methyl sites for hydroxylation is 1. The zero-order valence-electron chi connectivity index (χ0n) is 16.0. The molecular formula is C21H23N3O3S. The van der Waals surface area contributed by atoms with Gasteiger partial charge in [-0.1, -0.05) is 37.3 Å². The van der Waals surface area contributed by atoms with Crippen LogP contribution >= 0.6 is 11.3 Å². The summed E-state index contributed by atoms with van der Waals surface area (Å²) in [6, 6.07) is 12.0. The molecular weight excluding hydrogens is 374 g/mol. The molecule has 1 aromatic carbocycles. The predicted molar refractivity (Wildman–Crippen MR) is 109 cm³/mol. The number of benzene rings is 1. The molecule has 146 valence electrons. The molecule has 0 spiro atoms. The lowest BCUT2D eigenvalue weighted by Gasteiger charge is -2.34. The molecule has 1 fully saturated rings.